The van der Waals surface area contributed by atoms with Gasteiger partial charge in [-0.15, -0.1) is 0 Å². The second-order valence-corrected chi connectivity index (χ2v) is 10.2. The van der Waals surface area contributed by atoms with Crippen LogP contribution in [0.5, 0.6) is 0 Å². The highest BCUT2D eigenvalue weighted by Gasteiger charge is 2.37. The van der Waals surface area contributed by atoms with Crippen LogP contribution < -0.4 is 0 Å². The van der Waals surface area contributed by atoms with Gasteiger partial charge in [-0.3, -0.25) is 4.79 Å². The standard InChI is InChI=1S/C21H32N2O3S/c1-16(2)17(3)23(19-10-11-19)21(24)18-8-12-20(13-9-18)27(25,26)22-14-6-4-5-7-15-22/h8-9,12-13,16-17,19H,4-7,10-11,14-15H2,1-3H3. The van der Waals surface area contributed by atoms with Crippen molar-refractivity contribution in [1.82, 2.24) is 9.21 Å². The van der Waals surface area contributed by atoms with Crippen LogP contribution in [-0.4, -0.2) is 48.7 Å². The van der Waals surface area contributed by atoms with Crippen LogP contribution in [0.25, 0.3) is 0 Å². The molecule has 1 saturated heterocycles. The predicted molar refractivity (Wildman–Crippen MR) is 107 cm³/mol. The molecule has 0 radical (unpaired) electrons. The SMILES string of the molecule is CC(C)C(C)N(C(=O)c1ccc(S(=O)(=O)N2CCCCCC2)cc1)C1CC1. The molecule has 2 aliphatic rings. The monoisotopic (exact) mass is 392 g/mol. The molecule has 1 aromatic carbocycles. The van der Waals surface area contributed by atoms with E-state index in [0.717, 1.165) is 38.5 Å². The molecular formula is C21H32N2O3S. The maximum atomic E-state index is 13.0. The molecule has 0 aromatic heterocycles. The third-order valence-electron chi connectivity index (χ3n) is 5.88. The lowest BCUT2D eigenvalue weighted by Crippen LogP contribution is -2.43. The van der Waals surface area contributed by atoms with Crippen LogP contribution in [0, 0.1) is 5.92 Å². The smallest absolute Gasteiger partial charge is 0.254 e. The lowest BCUT2D eigenvalue weighted by molar-refractivity contribution is 0.0627. The first-order valence-corrected chi connectivity index (χ1v) is 11.7. The number of rotatable bonds is 6. The summed E-state index contributed by atoms with van der Waals surface area (Å²) < 4.78 is 27.4. The Morgan fingerprint density at radius 1 is 1.00 bits per heavy atom. The molecule has 3 rings (SSSR count). The minimum absolute atomic E-state index is 0.0115. The molecule has 0 spiro atoms. The van der Waals surface area contributed by atoms with Gasteiger partial charge < -0.3 is 4.90 Å². The molecule has 1 heterocycles. The number of nitrogens with zero attached hydrogens (tertiary/aromatic N) is 2. The van der Waals surface area contributed by atoms with Crippen LogP contribution in [0.1, 0.15) is 69.7 Å². The molecule has 1 amide bonds. The van der Waals surface area contributed by atoms with Crippen molar-refractivity contribution in [3.8, 4) is 0 Å². The van der Waals surface area contributed by atoms with E-state index in [9.17, 15) is 13.2 Å². The van der Waals surface area contributed by atoms with Gasteiger partial charge in [0, 0.05) is 30.7 Å². The third kappa shape index (κ3) is 4.54. The van der Waals surface area contributed by atoms with E-state index in [1.54, 1.807) is 28.6 Å². The number of benzene rings is 1. The molecule has 5 nitrogen and oxygen atoms in total. The van der Waals surface area contributed by atoms with E-state index in [-0.39, 0.29) is 16.8 Å². The highest BCUT2D eigenvalue weighted by molar-refractivity contribution is 7.89. The van der Waals surface area contributed by atoms with Crippen LogP contribution in [0.2, 0.25) is 0 Å². The van der Waals surface area contributed by atoms with Gasteiger partial charge in [0.15, 0.2) is 0 Å². The second kappa shape index (κ2) is 8.31. The summed E-state index contributed by atoms with van der Waals surface area (Å²) in [6, 6.07) is 7.04. The van der Waals surface area contributed by atoms with Crippen LogP contribution >= 0.6 is 0 Å². The zero-order chi connectivity index (χ0) is 19.6. The highest BCUT2D eigenvalue weighted by atomic mass is 32.2. The van der Waals surface area contributed by atoms with Crippen molar-refractivity contribution < 1.29 is 13.2 Å². The first kappa shape index (κ1) is 20.3. The number of carbonyl (C=O) groups is 1. The number of amides is 1. The van der Waals surface area contributed by atoms with Crippen molar-refractivity contribution in [2.24, 2.45) is 5.92 Å². The van der Waals surface area contributed by atoms with E-state index in [1.807, 2.05) is 4.90 Å². The molecule has 0 N–H and O–H groups in total. The molecule has 150 valence electrons. The number of carbonyl (C=O) groups excluding carboxylic acids is 1. The van der Waals surface area contributed by atoms with Gasteiger partial charge in [0.25, 0.3) is 5.91 Å². The topological polar surface area (TPSA) is 57.7 Å². The molecule has 6 heteroatoms. The zero-order valence-corrected chi connectivity index (χ0v) is 17.5. The van der Waals surface area contributed by atoms with Crippen molar-refractivity contribution in [3.63, 3.8) is 0 Å². The molecule has 27 heavy (non-hydrogen) atoms. The average molecular weight is 393 g/mol. The van der Waals surface area contributed by atoms with E-state index < -0.39 is 10.0 Å². The van der Waals surface area contributed by atoms with E-state index in [2.05, 4.69) is 20.8 Å². The summed E-state index contributed by atoms with van der Waals surface area (Å²) in [5.74, 6) is 0.398. The average Bonchev–Trinajstić information content (AvgIpc) is 3.48. The van der Waals surface area contributed by atoms with Gasteiger partial charge in [-0.2, -0.15) is 4.31 Å². The van der Waals surface area contributed by atoms with Crippen LogP contribution in [0.15, 0.2) is 29.2 Å². The van der Waals surface area contributed by atoms with Gasteiger partial charge in [0.2, 0.25) is 10.0 Å². The normalized spacial score (nSPS) is 20.3. The minimum Gasteiger partial charge on any atom is -0.333 e. The Morgan fingerprint density at radius 2 is 1.56 bits per heavy atom. The van der Waals surface area contributed by atoms with E-state index in [4.69, 9.17) is 0 Å². The molecule has 1 unspecified atom stereocenters. The summed E-state index contributed by atoms with van der Waals surface area (Å²) >= 11 is 0. The number of hydrogen-bond donors (Lipinski definition) is 0. The van der Waals surface area contributed by atoms with Crippen LogP contribution in [-0.2, 0) is 10.0 Å². The van der Waals surface area contributed by atoms with Crippen molar-refractivity contribution in [2.45, 2.75) is 76.3 Å². The molecule has 1 aliphatic heterocycles. The summed E-state index contributed by atoms with van der Waals surface area (Å²) in [6.45, 7) is 7.53. The number of sulfonamides is 1. The van der Waals surface area contributed by atoms with E-state index in [0.29, 0.717) is 30.6 Å². The Bertz CT molecular complexity index is 746. The first-order chi connectivity index (χ1) is 12.8. The predicted octanol–water partition coefficient (Wildman–Crippen LogP) is 3.90. The van der Waals surface area contributed by atoms with E-state index in [1.165, 1.54) is 0 Å². The molecule has 1 aromatic rings. The molecule has 2 fully saturated rings. The fourth-order valence-electron chi connectivity index (χ4n) is 3.71. The highest BCUT2D eigenvalue weighted by Crippen LogP contribution is 2.32. The maximum Gasteiger partial charge on any atom is 0.254 e. The molecule has 1 saturated carbocycles. The van der Waals surface area contributed by atoms with Gasteiger partial charge in [0.1, 0.15) is 0 Å². The van der Waals surface area contributed by atoms with Gasteiger partial charge in [-0.05, 0) is 62.8 Å². The van der Waals surface area contributed by atoms with Crippen LogP contribution in [0.3, 0.4) is 0 Å². The Morgan fingerprint density at radius 3 is 2.04 bits per heavy atom. The summed E-state index contributed by atoms with van der Waals surface area (Å²) in [5.41, 5.74) is 0.573. The second-order valence-electron chi connectivity index (χ2n) is 8.27. The minimum atomic E-state index is -3.47. The van der Waals surface area contributed by atoms with Crippen molar-refractivity contribution in [3.05, 3.63) is 29.8 Å². The molecule has 1 aliphatic carbocycles. The molecular weight excluding hydrogens is 360 g/mol. The third-order valence-corrected chi connectivity index (χ3v) is 7.80. The quantitative estimate of drug-likeness (QED) is 0.738. The number of hydrogen-bond acceptors (Lipinski definition) is 3. The van der Waals surface area contributed by atoms with Gasteiger partial charge in [-0.1, -0.05) is 26.7 Å². The summed E-state index contributed by atoms with van der Waals surface area (Å²) in [6.07, 6.45) is 6.13. The van der Waals surface area contributed by atoms with Crippen molar-refractivity contribution >= 4 is 15.9 Å². The van der Waals surface area contributed by atoms with Gasteiger partial charge >= 0.3 is 0 Å². The van der Waals surface area contributed by atoms with Crippen molar-refractivity contribution in [2.75, 3.05) is 13.1 Å². The van der Waals surface area contributed by atoms with Gasteiger partial charge in [0.05, 0.1) is 4.90 Å². The first-order valence-electron chi connectivity index (χ1n) is 10.2. The summed E-state index contributed by atoms with van der Waals surface area (Å²) in [5, 5.41) is 0. The Kier molecular flexibility index (Phi) is 6.26. The Labute approximate surface area is 163 Å². The van der Waals surface area contributed by atoms with Gasteiger partial charge in [-0.25, -0.2) is 8.42 Å². The lowest BCUT2D eigenvalue weighted by atomic mass is 10.0. The summed E-state index contributed by atoms with van der Waals surface area (Å²) in [4.78, 5) is 15.3. The maximum absolute atomic E-state index is 13.0. The fraction of sp³-hybridized carbons (Fsp3) is 0.667. The fourth-order valence-corrected chi connectivity index (χ4v) is 5.22. The zero-order valence-electron chi connectivity index (χ0n) is 16.7. The van der Waals surface area contributed by atoms with E-state index >= 15 is 0 Å². The Balaban J connectivity index is 1.78. The Hall–Kier alpha value is -1.40. The van der Waals surface area contributed by atoms with Crippen LogP contribution in [0.4, 0.5) is 0 Å². The lowest BCUT2D eigenvalue weighted by Gasteiger charge is -2.32. The summed E-state index contributed by atoms with van der Waals surface area (Å²) in [7, 11) is -3.47. The van der Waals surface area contributed by atoms with Crippen molar-refractivity contribution in [1.29, 1.82) is 0 Å². The molecule has 0 bridgehead atoms. The largest absolute Gasteiger partial charge is 0.333 e. The molecule has 1 atom stereocenters.